The molecule has 1 atom stereocenters. The Kier molecular flexibility index (Phi) is 5.31. The van der Waals surface area contributed by atoms with E-state index in [0.717, 1.165) is 29.7 Å². The molecular formula is C20H31NO3. The molecule has 1 heterocycles. The lowest BCUT2D eigenvalue weighted by Crippen LogP contribution is -2.25. The fourth-order valence-electron chi connectivity index (χ4n) is 2.74. The molecule has 1 saturated heterocycles. The van der Waals surface area contributed by atoms with Crippen molar-refractivity contribution in [1.29, 1.82) is 0 Å². The van der Waals surface area contributed by atoms with E-state index in [1.165, 1.54) is 5.56 Å². The minimum atomic E-state index is -0.742. The van der Waals surface area contributed by atoms with Gasteiger partial charge in [-0.05, 0) is 35.0 Å². The zero-order valence-electron chi connectivity index (χ0n) is 15.8. The summed E-state index contributed by atoms with van der Waals surface area (Å²) in [6, 6.07) is 4.15. The summed E-state index contributed by atoms with van der Waals surface area (Å²) >= 11 is 0. The van der Waals surface area contributed by atoms with Crippen LogP contribution in [0, 0.1) is 0 Å². The third-order valence-electron chi connectivity index (χ3n) is 4.25. The molecule has 24 heavy (non-hydrogen) atoms. The van der Waals surface area contributed by atoms with Crippen molar-refractivity contribution >= 4 is 6.08 Å². The van der Waals surface area contributed by atoms with Crippen LogP contribution in [0.2, 0.25) is 0 Å². The number of aromatic hydroxyl groups is 1. The van der Waals surface area contributed by atoms with Crippen LogP contribution in [-0.4, -0.2) is 18.1 Å². The van der Waals surface area contributed by atoms with E-state index in [-0.39, 0.29) is 10.8 Å². The summed E-state index contributed by atoms with van der Waals surface area (Å²) in [7, 11) is 0. The van der Waals surface area contributed by atoms with Crippen molar-refractivity contribution in [1.82, 2.24) is 0 Å². The van der Waals surface area contributed by atoms with Gasteiger partial charge < -0.3 is 14.6 Å². The molecule has 2 rings (SSSR count). The van der Waals surface area contributed by atoms with Crippen molar-refractivity contribution in [3.8, 4) is 5.75 Å². The zero-order chi connectivity index (χ0) is 18.1. The number of phenols is 1. The van der Waals surface area contributed by atoms with Gasteiger partial charge in [-0.1, -0.05) is 47.6 Å². The molecule has 0 aliphatic carbocycles. The summed E-state index contributed by atoms with van der Waals surface area (Å²) in [5.74, 6) is 1.06. The first-order valence-corrected chi connectivity index (χ1v) is 8.61. The molecule has 1 fully saturated rings. The van der Waals surface area contributed by atoms with Crippen LogP contribution in [0.3, 0.4) is 0 Å². The van der Waals surface area contributed by atoms with Crippen LogP contribution in [0.1, 0.15) is 71.1 Å². The van der Waals surface area contributed by atoms with E-state index in [4.69, 9.17) is 15.2 Å². The average molecular weight is 333 g/mol. The molecule has 1 unspecified atom stereocenters. The topological polar surface area (TPSA) is 64.7 Å². The minimum absolute atomic E-state index is 0.00915. The summed E-state index contributed by atoms with van der Waals surface area (Å²) in [5, 5.41) is 10.8. The van der Waals surface area contributed by atoms with Crippen molar-refractivity contribution in [2.24, 2.45) is 5.73 Å². The molecule has 3 N–H and O–H groups in total. The highest BCUT2D eigenvalue weighted by molar-refractivity contribution is 5.63. The van der Waals surface area contributed by atoms with Gasteiger partial charge in [0.2, 0.25) is 0 Å². The molecule has 4 nitrogen and oxygen atoms in total. The molecular weight excluding hydrogens is 302 g/mol. The Morgan fingerprint density at radius 2 is 1.79 bits per heavy atom. The molecule has 0 radical (unpaired) electrons. The van der Waals surface area contributed by atoms with Gasteiger partial charge in [0.25, 0.3) is 6.41 Å². The number of phenolic OH excluding ortho intramolecular Hbond substituents is 1. The third kappa shape index (κ3) is 4.52. The monoisotopic (exact) mass is 333 g/mol. The Morgan fingerprint density at radius 3 is 2.38 bits per heavy atom. The van der Waals surface area contributed by atoms with E-state index in [1.807, 2.05) is 12.1 Å². The predicted molar refractivity (Wildman–Crippen MR) is 97.7 cm³/mol. The molecule has 1 aliphatic heterocycles. The number of hydrogen-bond donors (Lipinski definition) is 2. The molecule has 134 valence electrons. The van der Waals surface area contributed by atoms with Gasteiger partial charge in [-0.3, -0.25) is 5.73 Å². The van der Waals surface area contributed by atoms with Crippen molar-refractivity contribution in [2.75, 3.05) is 6.61 Å². The minimum Gasteiger partial charge on any atom is -0.507 e. The van der Waals surface area contributed by atoms with E-state index in [1.54, 1.807) is 0 Å². The predicted octanol–water partition coefficient (Wildman–Crippen LogP) is 4.40. The summed E-state index contributed by atoms with van der Waals surface area (Å²) in [4.78, 5) is 0. The van der Waals surface area contributed by atoms with Gasteiger partial charge >= 0.3 is 0 Å². The SMILES string of the molecule is CC(C)(C)c1cc(C=C2CCCOC(N)O2)c(O)c(C(C)(C)C)c1. The van der Waals surface area contributed by atoms with E-state index in [9.17, 15) is 5.11 Å². The summed E-state index contributed by atoms with van der Waals surface area (Å²) in [6.45, 7) is 13.4. The van der Waals surface area contributed by atoms with Gasteiger partial charge in [-0.15, -0.1) is 0 Å². The van der Waals surface area contributed by atoms with E-state index in [2.05, 4.69) is 47.6 Å². The van der Waals surface area contributed by atoms with Crippen LogP contribution in [-0.2, 0) is 20.3 Å². The number of allylic oxidation sites excluding steroid dienone is 1. The molecule has 1 aromatic carbocycles. The summed E-state index contributed by atoms with van der Waals surface area (Å²) in [5.41, 5.74) is 8.51. The fraction of sp³-hybridized carbons (Fsp3) is 0.600. The third-order valence-corrected chi connectivity index (χ3v) is 4.25. The Balaban J connectivity index is 2.55. The normalized spacial score (nSPS) is 21.5. The molecule has 0 spiro atoms. The van der Waals surface area contributed by atoms with Gasteiger partial charge in [-0.2, -0.15) is 0 Å². The Morgan fingerprint density at radius 1 is 1.12 bits per heavy atom. The lowest BCUT2D eigenvalue weighted by Gasteiger charge is -2.27. The van der Waals surface area contributed by atoms with Crippen LogP contribution in [0.5, 0.6) is 5.75 Å². The maximum absolute atomic E-state index is 10.8. The lowest BCUT2D eigenvalue weighted by molar-refractivity contribution is -0.0979. The van der Waals surface area contributed by atoms with Gasteiger partial charge in [0.15, 0.2) is 0 Å². The Hall–Kier alpha value is -1.52. The van der Waals surface area contributed by atoms with Gasteiger partial charge in [0, 0.05) is 17.5 Å². The van der Waals surface area contributed by atoms with Crippen LogP contribution >= 0.6 is 0 Å². The van der Waals surface area contributed by atoms with Crippen LogP contribution < -0.4 is 5.73 Å². The number of benzene rings is 1. The number of nitrogens with two attached hydrogens (primary N) is 1. The summed E-state index contributed by atoms with van der Waals surface area (Å²) < 4.78 is 10.9. The second-order valence-corrected chi connectivity index (χ2v) is 8.53. The van der Waals surface area contributed by atoms with E-state index in [0.29, 0.717) is 12.4 Å². The van der Waals surface area contributed by atoms with Crippen LogP contribution in [0.4, 0.5) is 0 Å². The van der Waals surface area contributed by atoms with Crippen molar-refractivity contribution in [3.63, 3.8) is 0 Å². The van der Waals surface area contributed by atoms with Gasteiger partial charge in [-0.25, -0.2) is 0 Å². The van der Waals surface area contributed by atoms with Crippen LogP contribution in [0.25, 0.3) is 6.08 Å². The second-order valence-electron chi connectivity index (χ2n) is 8.53. The highest BCUT2D eigenvalue weighted by Crippen LogP contribution is 2.38. The summed E-state index contributed by atoms with van der Waals surface area (Å²) in [6.07, 6.45) is 2.76. The van der Waals surface area contributed by atoms with Crippen molar-refractivity contribution in [2.45, 2.75) is 71.6 Å². The number of ether oxygens (including phenoxy) is 2. The van der Waals surface area contributed by atoms with E-state index >= 15 is 0 Å². The zero-order valence-corrected chi connectivity index (χ0v) is 15.8. The largest absolute Gasteiger partial charge is 0.507 e. The van der Waals surface area contributed by atoms with Gasteiger partial charge in [0.05, 0.1) is 6.61 Å². The quantitative estimate of drug-likeness (QED) is 0.799. The molecule has 1 aromatic rings. The Bertz CT molecular complexity index is 621. The molecule has 0 amide bonds. The van der Waals surface area contributed by atoms with E-state index < -0.39 is 6.41 Å². The molecule has 0 saturated carbocycles. The maximum Gasteiger partial charge on any atom is 0.256 e. The fourth-order valence-corrected chi connectivity index (χ4v) is 2.74. The van der Waals surface area contributed by atoms with Crippen LogP contribution in [0.15, 0.2) is 17.9 Å². The number of rotatable bonds is 1. The first-order valence-electron chi connectivity index (χ1n) is 8.61. The molecule has 4 heteroatoms. The highest BCUT2D eigenvalue weighted by atomic mass is 16.7. The second kappa shape index (κ2) is 6.77. The molecule has 0 aromatic heterocycles. The lowest BCUT2D eigenvalue weighted by atomic mass is 9.79. The smallest absolute Gasteiger partial charge is 0.256 e. The highest BCUT2D eigenvalue weighted by Gasteiger charge is 2.25. The molecule has 0 bridgehead atoms. The Labute approximate surface area is 145 Å². The first-order chi connectivity index (χ1) is 11.0. The van der Waals surface area contributed by atoms with Crippen molar-refractivity contribution < 1.29 is 14.6 Å². The first kappa shape index (κ1) is 18.8. The number of hydrogen-bond acceptors (Lipinski definition) is 4. The standard InChI is InChI=1S/C20H31NO3/c1-19(2,3)14-10-13(17(22)16(12-14)20(4,5)6)11-15-8-7-9-23-18(21)24-15/h10-12,18,22H,7-9,21H2,1-6H3. The average Bonchev–Trinajstić information content (AvgIpc) is 2.62. The maximum atomic E-state index is 10.8. The van der Waals surface area contributed by atoms with Gasteiger partial charge in [0.1, 0.15) is 11.5 Å². The van der Waals surface area contributed by atoms with Crippen molar-refractivity contribution in [3.05, 3.63) is 34.6 Å². The molecule has 1 aliphatic rings.